The van der Waals surface area contributed by atoms with Crippen molar-refractivity contribution < 1.29 is 0 Å². The van der Waals surface area contributed by atoms with Gasteiger partial charge < -0.3 is 11.1 Å². The van der Waals surface area contributed by atoms with Crippen molar-refractivity contribution in [1.29, 1.82) is 0 Å². The van der Waals surface area contributed by atoms with E-state index in [9.17, 15) is 0 Å². The topological polar surface area (TPSA) is 68.2 Å². The van der Waals surface area contributed by atoms with E-state index in [1.165, 1.54) is 0 Å². The lowest BCUT2D eigenvalue weighted by Gasteiger charge is -2.09. The van der Waals surface area contributed by atoms with Crippen LogP contribution in [0.1, 0.15) is 12.5 Å². The zero-order valence-corrected chi connectivity index (χ0v) is 8.72. The minimum absolute atomic E-state index is 0.316. The summed E-state index contributed by atoms with van der Waals surface area (Å²) in [6.07, 6.45) is 7.23. The monoisotopic (exact) mass is 205 g/mol. The van der Waals surface area contributed by atoms with Crippen LogP contribution in [0.5, 0.6) is 0 Å². The Morgan fingerprint density at radius 1 is 1.53 bits per heavy atom. The van der Waals surface area contributed by atoms with Gasteiger partial charge in [-0.2, -0.15) is 5.10 Å². The number of nitrogens with two attached hydrogens (primary N) is 1. The molecule has 0 aromatic carbocycles. The Bertz CT molecular complexity index is 436. The molecule has 5 nitrogen and oxygen atoms in total. The van der Waals surface area contributed by atoms with Crippen molar-refractivity contribution in [2.24, 2.45) is 5.73 Å². The summed E-state index contributed by atoms with van der Waals surface area (Å²) in [5.41, 5.74) is 7.71. The van der Waals surface area contributed by atoms with Crippen LogP contribution >= 0.6 is 0 Å². The Balaban J connectivity index is 2.14. The zero-order valence-electron chi connectivity index (χ0n) is 8.72. The molecule has 0 aliphatic heterocycles. The molecule has 2 aromatic rings. The number of hydrogen-bond donors (Lipinski definition) is 2. The number of nitrogens with zero attached hydrogens (tertiary/aromatic N) is 3. The van der Waals surface area contributed by atoms with Crippen LogP contribution in [-0.2, 0) is 6.54 Å². The summed E-state index contributed by atoms with van der Waals surface area (Å²) in [5, 5.41) is 7.55. The van der Waals surface area contributed by atoms with E-state index in [2.05, 4.69) is 22.3 Å². The molecule has 0 bridgehead atoms. The van der Waals surface area contributed by atoms with Crippen molar-refractivity contribution in [3.05, 3.63) is 30.4 Å². The first-order valence-corrected chi connectivity index (χ1v) is 5.01. The molecule has 15 heavy (non-hydrogen) atoms. The van der Waals surface area contributed by atoms with Crippen LogP contribution < -0.4 is 11.1 Å². The maximum absolute atomic E-state index is 5.53. The van der Waals surface area contributed by atoms with Crippen LogP contribution in [0.15, 0.2) is 24.8 Å². The first-order chi connectivity index (χ1) is 7.31. The Hall–Kier alpha value is -1.46. The number of fused-ring (bicyclic) bond motifs is 1. The van der Waals surface area contributed by atoms with Crippen LogP contribution in [0, 0.1) is 0 Å². The number of nitrogens with one attached hydrogen (secondary N) is 1. The average molecular weight is 205 g/mol. The summed E-state index contributed by atoms with van der Waals surface area (Å²) >= 11 is 0. The summed E-state index contributed by atoms with van der Waals surface area (Å²) in [6.45, 7) is 3.47. The second-order valence-electron chi connectivity index (χ2n) is 3.59. The Morgan fingerprint density at radius 2 is 2.40 bits per heavy atom. The lowest BCUT2D eigenvalue weighted by Crippen LogP contribution is -2.32. The molecule has 2 heterocycles. The second kappa shape index (κ2) is 4.37. The van der Waals surface area contributed by atoms with Crippen molar-refractivity contribution in [2.75, 3.05) is 6.54 Å². The third-order valence-electron chi connectivity index (χ3n) is 2.40. The predicted octanol–water partition coefficient (Wildman–Crippen LogP) is 0.166. The van der Waals surface area contributed by atoms with E-state index >= 15 is 0 Å². The summed E-state index contributed by atoms with van der Waals surface area (Å²) in [7, 11) is 0. The van der Waals surface area contributed by atoms with Gasteiger partial charge in [0.1, 0.15) is 0 Å². The molecule has 2 aromatic heterocycles. The van der Waals surface area contributed by atoms with Crippen molar-refractivity contribution >= 4 is 5.52 Å². The molecular formula is C10H15N5. The molecule has 3 N–H and O–H groups in total. The fraction of sp³-hybridized carbons (Fsp3) is 0.400. The summed E-state index contributed by atoms with van der Waals surface area (Å²) in [5.74, 6) is 0. The van der Waals surface area contributed by atoms with Crippen LogP contribution in [0.2, 0.25) is 0 Å². The molecule has 1 atom stereocenters. The van der Waals surface area contributed by atoms with E-state index in [1.807, 2.05) is 23.1 Å². The third kappa shape index (κ3) is 2.14. The van der Waals surface area contributed by atoms with Crippen LogP contribution in [-0.4, -0.2) is 27.2 Å². The molecule has 0 aliphatic carbocycles. The van der Waals surface area contributed by atoms with Gasteiger partial charge in [0.15, 0.2) is 0 Å². The fourth-order valence-electron chi connectivity index (χ4n) is 1.39. The summed E-state index contributed by atoms with van der Waals surface area (Å²) in [4.78, 5) is 4.08. The van der Waals surface area contributed by atoms with Crippen LogP contribution in [0.3, 0.4) is 0 Å². The van der Waals surface area contributed by atoms with Gasteiger partial charge >= 0.3 is 0 Å². The molecule has 0 saturated heterocycles. The van der Waals surface area contributed by atoms with E-state index in [1.54, 1.807) is 6.20 Å². The van der Waals surface area contributed by atoms with Crippen molar-refractivity contribution in [3.8, 4) is 0 Å². The standard InChI is InChI=1S/C10H15N5/c1-8(4-11)13-5-9-6-14-15-3-2-12-7-10(9)15/h2-3,6-8,13H,4-5,11H2,1H3/t8-/m1/s1. The van der Waals surface area contributed by atoms with Gasteiger partial charge in [-0.15, -0.1) is 0 Å². The first kappa shape index (κ1) is 10.1. The summed E-state index contributed by atoms with van der Waals surface area (Å²) < 4.78 is 1.82. The van der Waals surface area contributed by atoms with Crippen molar-refractivity contribution in [2.45, 2.75) is 19.5 Å². The van der Waals surface area contributed by atoms with E-state index in [4.69, 9.17) is 5.73 Å². The Kier molecular flexibility index (Phi) is 2.94. The number of rotatable bonds is 4. The van der Waals surface area contributed by atoms with Crippen LogP contribution in [0.25, 0.3) is 5.52 Å². The minimum atomic E-state index is 0.316. The molecule has 0 radical (unpaired) electrons. The highest BCUT2D eigenvalue weighted by molar-refractivity contribution is 5.51. The van der Waals surface area contributed by atoms with E-state index in [0.717, 1.165) is 17.6 Å². The quantitative estimate of drug-likeness (QED) is 0.746. The lowest BCUT2D eigenvalue weighted by atomic mass is 10.2. The van der Waals surface area contributed by atoms with E-state index in [-0.39, 0.29) is 0 Å². The van der Waals surface area contributed by atoms with Gasteiger partial charge in [0.25, 0.3) is 0 Å². The molecule has 5 heteroatoms. The zero-order chi connectivity index (χ0) is 10.7. The highest BCUT2D eigenvalue weighted by Gasteiger charge is 2.04. The third-order valence-corrected chi connectivity index (χ3v) is 2.40. The van der Waals surface area contributed by atoms with Crippen molar-refractivity contribution in [1.82, 2.24) is 19.9 Å². The van der Waals surface area contributed by atoms with Gasteiger partial charge in [-0.3, -0.25) is 4.98 Å². The molecule has 2 rings (SSSR count). The smallest absolute Gasteiger partial charge is 0.0889 e. The average Bonchev–Trinajstić information content (AvgIpc) is 2.69. The largest absolute Gasteiger partial charge is 0.329 e. The summed E-state index contributed by atoms with van der Waals surface area (Å²) in [6, 6.07) is 0.316. The maximum atomic E-state index is 5.53. The van der Waals surface area contributed by atoms with Gasteiger partial charge in [0.2, 0.25) is 0 Å². The van der Waals surface area contributed by atoms with Gasteiger partial charge in [-0.05, 0) is 6.92 Å². The molecule has 0 aliphatic rings. The Morgan fingerprint density at radius 3 is 3.20 bits per heavy atom. The molecule has 0 fully saturated rings. The lowest BCUT2D eigenvalue weighted by molar-refractivity contribution is 0.558. The minimum Gasteiger partial charge on any atom is -0.329 e. The molecule has 80 valence electrons. The molecular weight excluding hydrogens is 190 g/mol. The number of hydrogen-bond acceptors (Lipinski definition) is 4. The van der Waals surface area contributed by atoms with Gasteiger partial charge in [0, 0.05) is 37.1 Å². The number of aromatic nitrogens is 3. The van der Waals surface area contributed by atoms with Gasteiger partial charge in [0.05, 0.1) is 17.9 Å². The second-order valence-corrected chi connectivity index (χ2v) is 3.59. The van der Waals surface area contributed by atoms with E-state index < -0.39 is 0 Å². The molecule has 0 spiro atoms. The fourth-order valence-corrected chi connectivity index (χ4v) is 1.39. The highest BCUT2D eigenvalue weighted by atomic mass is 15.2. The normalized spacial score (nSPS) is 13.2. The van der Waals surface area contributed by atoms with Gasteiger partial charge in [-0.25, -0.2) is 4.52 Å². The van der Waals surface area contributed by atoms with Gasteiger partial charge in [-0.1, -0.05) is 0 Å². The molecule has 0 saturated carbocycles. The molecule has 0 unspecified atom stereocenters. The first-order valence-electron chi connectivity index (χ1n) is 5.01. The Labute approximate surface area is 88.3 Å². The van der Waals surface area contributed by atoms with Crippen molar-refractivity contribution in [3.63, 3.8) is 0 Å². The maximum Gasteiger partial charge on any atom is 0.0889 e. The SMILES string of the molecule is C[C@H](CN)NCc1cnn2ccncc12. The van der Waals surface area contributed by atoms with Crippen LogP contribution in [0.4, 0.5) is 0 Å². The van der Waals surface area contributed by atoms with E-state index in [0.29, 0.717) is 12.6 Å². The predicted molar refractivity (Wildman–Crippen MR) is 58.3 cm³/mol. The molecule has 0 amide bonds. The highest BCUT2D eigenvalue weighted by Crippen LogP contribution is 2.07.